The van der Waals surface area contributed by atoms with Gasteiger partial charge < -0.3 is 4.57 Å². The number of carbonyl (C=O) groups is 1. The second kappa shape index (κ2) is 6.40. The Morgan fingerprint density at radius 2 is 1.82 bits per heavy atom. The second-order valence-electron chi connectivity index (χ2n) is 5.42. The molecule has 1 aliphatic rings. The van der Waals surface area contributed by atoms with Gasteiger partial charge in [-0.3, -0.25) is 4.79 Å². The van der Waals surface area contributed by atoms with Crippen molar-refractivity contribution in [2.45, 2.75) is 20.3 Å². The maximum Gasteiger partial charge on any atom is 0.271 e. The summed E-state index contributed by atoms with van der Waals surface area (Å²) >= 11 is 1.85. The van der Waals surface area contributed by atoms with Gasteiger partial charge in [-0.15, -0.1) is 0 Å². The molecule has 0 atom stereocenters. The van der Waals surface area contributed by atoms with Gasteiger partial charge in [-0.05, 0) is 62.4 Å². The lowest BCUT2D eigenvalue weighted by molar-refractivity contribution is 0.0955. The number of aryl methyl sites for hydroxylation is 2. The van der Waals surface area contributed by atoms with Crippen LogP contribution in [0.25, 0.3) is 5.69 Å². The number of nitrogens with zero attached hydrogens (tertiary/aromatic N) is 2. The Kier molecular flexibility index (Phi) is 4.34. The first-order valence-corrected chi connectivity index (χ1v) is 8.49. The molecule has 1 aromatic carbocycles. The molecule has 2 heterocycles. The summed E-state index contributed by atoms with van der Waals surface area (Å²) in [5, 5.41) is 4.19. The van der Waals surface area contributed by atoms with Gasteiger partial charge in [-0.2, -0.15) is 16.9 Å². The molecular weight excluding hydrogens is 294 g/mol. The minimum absolute atomic E-state index is 0.156. The number of nitrogens with one attached hydrogen (secondary N) is 1. The van der Waals surface area contributed by atoms with E-state index in [1.165, 1.54) is 11.4 Å². The highest BCUT2D eigenvalue weighted by Crippen LogP contribution is 2.17. The smallest absolute Gasteiger partial charge is 0.271 e. The summed E-state index contributed by atoms with van der Waals surface area (Å²) in [5.41, 5.74) is 7.76. The third kappa shape index (κ3) is 3.09. The first-order chi connectivity index (χ1) is 10.6. The summed E-state index contributed by atoms with van der Waals surface area (Å²) in [6.07, 6.45) is 0.968. The fourth-order valence-electron chi connectivity index (χ4n) is 2.57. The highest BCUT2D eigenvalue weighted by molar-refractivity contribution is 8.00. The molecule has 1 aromatic heterocycles. The average Bonchev–Trinajstić information content (AvgIpc) is 3.15. The van der Waals surface area contributed by atoms with E-state index < -0.39 is 0 Å². The average molecular weight is 313 g/mol. The van der Waals surface area contributed by atoms with Gasteiger partial charge in [0.1, 0.15) is 0 Å². The van der Waals surface area contributed by atoms with Crippen LogP contribution in [-0.2, 0) is 0 Å². The number of amides is 1. The van der Waals surface area contributed by atoms with E-state index in [0.717, 1.165) is 29.3 Å². The molecule has 0 aliphatic carbocycles. The maximum atomic E-state index is 12.1. The molecule has 4 nitrogen and oxygen atoms in total. The predicted molar refractivity (Wildman–Crippen MR) is 92.1 cm³/mol. The minimum Gasteiger partial charge on any atom is -0.319 e. The third-order valence-electron chi connectivity index (χ3n) is 3.78. The molecule has 1 N–H and O–H groups in total. The second-order valence-corrected chi connectivity index (χ2v) is 6.53. The van der Waals surface area contributed by atoms with Crippen molar-refractivity contribution in [3.05, 3.63) is 53.3 Å². The van der Waals surface area contributed by atoms with Crippen molar-refractivity contribution >= 4 is 23.4 Å². The van der Waals surface area contributed by atoms with Crippen LogP contribution < -0.4 is 5.43 Å². The number of hydrazone groups is 1. The third-order valence-corrected chi connectivity index (χ3v) is 4.81. The van der Waals surface area contributed by atoms with Crippen molar-refractivity contribution in [2.24, 2.45) is 5.10 Å². The summed E-state index contributed by atoms with van der Waals surface area (Å²) in [7, 11) is 0. The Morgan fingerprint density at radius 3 is 2.41 bits per heavy atom. The molecule has 2 aromatic rings. The molecule has 0 unspecified atom stereocenters. The van der Waals surface area contributed by atoms with Crippen LogP contribution in [0, 0.1) is 13.8 Å². The van der Waals surface area contributed by atoms with E-state index >= 15 is 0 Å². The number of hydrogen-bond donors (Lipinski definition) is 1. The van der Waals surface area contributed by atoms with Crippen molar-refractivity contribution in [3.8, 4) is 5.69 Å². The fourth-order valence-corrected chi connectivity index (χ4v) is 3.54. The molecule has 114 valence electrons. The number of rotatable bonds is 3. The van der Waals surface area contributed by atoms with Gasteiger partial charge >= 0.3 is 0 Å². The van der Waals surface area contributed by atoms with Crippen molar-refractivity contribution in [1.29, 1.82) is 0 Å². The van der Waals surface area contributed by atoms with E-state index in [0.29, 0.717) is 5.56 Å². The summed E-state index contributed by atoms with van der Waals surface area (Å²) < 4.78 is 2.16. The van der Waals surface area contributed by atoms with Crippen LogP contribution in [0.5, 0.6) is 0 Å². The predicted octanol–water partition coefficient (Wildman–Crippen LogP) is 3.32. The highest BCUT2D eigenvalue weighted by atomic mass is 32.2. The first-order valence-electron chi connectivity index (χ1n) is 7.34. The number of benzene rings is 1. The zero-order valence-electron chi connectivity index (χ0n) is 12.8. The van der Waals surface area contributed by atoms with Gasteiger partial charge in [0.2, 0.25) is 0 Å². The number of thioether (sulfide) groups is 1. The van der Waals surface area contributed by atoms with Crippen molar-refractivity contribution in [1.82, 2.24) is 9.99 Å². The standard InChI is InChI=1S/C17H19N3OS/c1-12-3-4-13(2)20(12)16-7-5-14(6-8-16)17(21)19-18-15-9-10-22-11-15/h3-8H,9-11H2,1-2H3,(H,19,21)/b18-15-. The highest BCUT2D eigenvalue weighted by Gasteiger charge is 2.10. The molecule has 1 saturated heterocycles. The van der Waals surface area contributed by atoms with Crippen molar-refractivity contribution < 1.29 is 4.79 Å². The molecule has 1 aliphatic heterocycles. The van der Waals surface area contributed by atoms with Crippen molar-refractivity contribution in [2.75, 3.05) is 11.5 Å². The molecule has 1 amide bonds. The van der Waals surface area contributed by atoms with Crippen LogP contribution in [0.15, 0.2) is 41.5 Å². The van der Waals surface area contributed by atoms with Gasteiger partial charge in [-0.25, -0.2) is 5.43 Å². The van der Waals surface area contributed by atoms with Crippen molar-refractivity contribution in [3.63, 3.8) is 0 Å². The quantitative estimate of drug-likeness (QED) is 0.884. The molecule has 0 radical (unpaired) electrons. The van der Waals surface area contributed by atoms with E-state index in [9.17, 15) is 4.79 Å². The Labute approximate surface area is 134 Å². The van der Waals surface area contributed by atoms with Crippen LogP contribution in [0.3, 0.4) is 0 Å². The van der Waals surface area contributed by atoms with E-state index in [1.54, 1.807) is 0 Å². The minimum atomic E-state index is -0.156. The molecule has 0 bridgehead atoms. The maximum absolute atomic E-state index is 12.1. The summed E-state index contributed by atoms with van der Waals surface area (Å²) in [6.45, 7) is 4.15. The Hall–Kier alpha value is -2.01. The van der Waals surface area contributed by atoms with E-state index in [-0.39, 0.29) is 5.91 Å². The van der Waals surface area contributed by atoms with Gasteiger partial charge in [0.15, 0.2) is 0 Å². The normalized spacial score (nSPS) is 16.2. The number of carbonyl (C=O) groups excluding carboxylic acids is 1. The van der Waals surface area contributed by atoms with Gasteiger partial charge in [-0.1, -0.05) is 0 Å². The molecular formula is C17H19N3OS. The fraction of sp³-hybridized carbons (Fsp3) is 0.294. The van der Waals surface area contributed by atoms with Crippen LogP contribution in [0.2, 0.25) is 0 Å². The summed E-state index contributed by atoms with van der Waals surface area (Å²) in [6, 6.07) is 11.8. The monoisotopic (exact) mass is 313 g/mol. The van der Waals surface area contributed by atoms with Crippen LogP contribution >= 0.6 is 11.8 Å². The molecule has 22 heavy (non-hydrogen) atoms. The SMILES string of the molecule is Cc1ccc(C)n1-c1ccc(C(=O)N/N=C2/CCSC2)cc1. The van der Waals surface area contributed by atoms with Gasteiger partial charge in [0.25, 0.3) is 5.91 Å². The van der Waals surface area contributed by atoms with Crippen LogP contribution in [0.1, 0.15) is 28.2 Å². The topological polar surface area (TPSA) is 46.4 Å². The van der Waals surface area contributed by atoms with E-state index in [2.05, 4.69) is 41.1 Å². The molecule has 1 fully saturated rings. The molecule has 3 rings (SSSR count). The number of hydrogen-bond acceptors (Lipinski definition) is 3. The zero-order chi connectivity index (χ0) is 15.5. The number of aromatic nitrogens is 1. The Morgan fingerprint density at radius 1 is 1.14 bits per heavy atom. The van der Waals surface area contributed by atoms with E-state index in [4.69, 9.17) is 0 Å². The molecule has 0 spiro atoms. The lowest BCUT2D eigenvalue weighted by Crippen LogP contribution is -2.19. The molecule has 0 saturated carbocycles. The Balaban J connectivity index is 1.74. The summed E-state index contributed by atoms with van der Waals surface area (Å²) in [4.78, 5) is 12.1. The van der Waals surface area contributed by atoms with Gasteiger partial charge in [0.05, 0.1) is 0 Å². The van der Waals surface area contributed by atoms with Crippen LogP contribution in [-0.4, -0.2) is 27.7 Å². The largest absolute Gasteiger partial charge is 0.319 e. The lowest BCUT2D eigenvalue weighted by atomic mass is 10.2. The van der Waals surface area contributed by atoms with Gasteiger partial charge in [0, 0.05) is 34.1 Å². The van der Waals surface area contributed by atoms with E-state index in [1.807, 2.05) is 36.0 Å². The molecule has 5 heteroatoms. The summed E-state index contributed by atoms with van der Waals surface area (Å²) in [5.74, 6) is 1.86. The zero-order valence-corrected chi connectivity index (χ0v) is 13.6. The Bertz CT molecular complexity index is 689. The van der Waals surface area contributed by atoms with Crippen LogP contribution in [0.4, 0.5) is 0 Å². The first kappa shape index (κ1) is 14.9. The lowest BCUT2D eigenvalue weighted by Gasteiger charge is -2.10.